The molecule has 0 unspecified atom stereocenters. The standard InChI is InChI=1S/C17H11Cl2N3O3S/c18-13-6-5-12(9-14(13)19)25-17-20-8-7-16(21-17)22-10-11-3-1-2-4-15(11)26(22,23)24/h1-9H,10H2. The molecule has 0 aliphatic carbocycles. The number of anilines is 1. The Morgan fingerprint density at radius 2 is 1.85 bits per heavy atom. The summed E-state index contributed by atoms with van der Waals surface area (Å²) in [6.07, 6.45) is 1.44. The van der Waals surface area contributed by atoms with Gasteiger partial charge in [0.15, 0.2) is 0 Å². The Balaban J connectivity index is 1.66. The van der Waals surface area contributed by atoms with Crippen LogP contribution >= 0.6 is 23.2 Å². The quantitative estimate of drug-likeness (QED) is 0.647. The van der Waals surface area contributed by atoms with Gasteiger partial charge in [0.05, 0.1) is 21.5 Å². The van der Waals surface area contributed by atoms with Gasteiger partial charge in [0.1, 0.15) is 11.6 Å². The van der Waals surface area contributed by atoms with Crippen LogP contribution in [0.3, 0.4) is 0 Å². The second kappa shape index (κ2) is 6.42. The van der Waals surface area contributed by atoms with Gasteiger partial charge in [-0.25, -0.2) is 17.7 Å². The van der Waals surface area contributed by atoms with Crippen molar-refractivity contribution in [1.82, 2.24) is 9.97 Å². The van der Waals surface area contributed by atoms with Crippen LogP contribution in [0.5, 0.6) is 11.8 Å². The zero-order valence-corrected chi connectivity index (χ0v) is 15.5. The number of ether oxygens (including phenoxy) is 1. The van der Waals surface area contributed by atoms with Gasteiger partial charge in [-0.1, -0.05) is 41.4 Å². The molecule has 4 rings (SSSR count). The van der Waals surface area contributed by atoms with Crippen molar-refractivity contribution in [1.29, 1.82) is 0 Å². The maximum atomic E-state index is 12.7. The van der Waals surface area contributed by atoms with Crippen LogP contribution in [0.25, 0.3) is 0 Å². The lowest BCUT2D eigenvalue weighted by atomic mass is 10.2. The summed E-state index contributed by atoms with van der Waals surface area (Å²) in [5, 5.41) is 0.729. The lowest BCUT2D eigenvalue weighted by Crippen LogP contribution is -2.24. The molecule has 0 atom stereocenters. The molecule has 0 radical (unpaired) electrons. The van der Waals surface area contributed by atoms with E-state index in [4.69, 9.17) is 27.9 Å². The highest BCUT2D eigenvalue weighted by Crippen LogP contribution is 2.34. The van der Waals surface area contributed by atoms with Crippen LogP contribution in [0.4, 0.5) is 5.82 Å². The maximum absolute atomic E-state index is 12.7. The number of sulfonamides is 1. The van der Waals surface area contributed by atoms with E-state index >= 15 is 0 Å². The smallest absolute Gasteiger partial charge is 0.323 e. The first-order chi connectivity index (χ1) is 12.4. The minimum absolute atomic E-state index is 0.00652. The molecule has 2 aromatic carbocycles. The summed E-state index contributed by atoms with van der Waals surface area (Å²) in [5.41, 5.74) is 0.720. The largest absolute Gasteiger partial charge is 0.424 e. The number of halogens is 2. The predicted molar refractivity (Wildman–Crippen MR) is 98.4 cm³/mol. The van der Waals surface area contributed by atoms with E-state index in [1.54, 1.807) is 36.4 Å². The van der Waals surface area contributed by atoms with Crippen LogP contribution in [0.15, 0.2) is 59.6 Å². The van der Waals surface area contributed by atoms with Gasteiger partial charge in [-0.15, -0.1) is 0 Å². The van der Waals surface area contributed by atoms with Gasteiger partial charge in [0.2, 0.25) is 0 Å². The molecule has 132 valence electrons. The van der Waals surface area contributed by atoms with E-state index < -0.39 is 10.0 Å². The minimum Gasteiger partial charge on any atom is -0.424 e. The molecule has 0 bridgehead atoms. The van der Waals surface area contributed by atoms with E-state index in [1.165, 1.54) is 22.6 Å². The van der Waals surface area contributed by atoms with Gasteiger partial charge >= 0.3 is 6.01 Å². The molecule has 1 aliphatic rings. The highest BCUT2D eigenvalue weighted by molar-refractivity contribution is 7.93. The van der Waals surface area contributed by atoms with E-state index in [0.717, 1.165) is 5.56 Å². The summed E-state index contributed by atoms with van der Waals surface area (Å²) in [4.78, 5) is 8.53. The first kappa shape index (κ1) is 17.1. The summed E-state index contributed by atoms with van der Waals surface area (Å²) in [7, 11) is -3.65. The van der Waals surface area contributed by atoms with Crippen molar-refractivity contribution in [2.45, 2.75) is 11.4 Å². The van der Waals surface area contributed by atoms with E-state index in [0.29, 0.717) is 15.8 Å². The fourth-order valence-corrected chi connectivity index (χ4v) is 4.51. The van der Waals surface area contributed by atoms with Crippen LogP contribution in [0, 0.1) is 0 Å². The molecule has 3 aromatic rings. The molecule has 2 heterocycles. The molecule has 0 amide bonds. The Kier molecular flexibility index (Phi) is 4.22. The topological polar surface area (TPSA) is 72.4 Å². The van der Waals surface area contributed by atoms with E-state index in [-0.39, 0.29) is 23.3 Å². The Bertz CT molecular complexity index is 1110. The van der Waals surface area contributed by atoms with Crippen molar-refractivity contribution < 1.29 is 13.2 Å². The van der Waals surface area contributed by atoms with Gasteiger partial charge < -0.3 is 4.74 Å². The fraction of sp³-hybridized carbons (Fsp3) is 0.0588. The summed E-state index contributed by atoms with van der Waals surface area (Å²) >= 11 is 11.8. The van der Waals surface area contributed by atoms with Crippen LogP contribution < -0.4 is 9.04 Å². The monoisotopic (exact) mass is 407 g/mol. The Morgan fingerprint density at radius 1 is 1.04 bits per heavy atom. The fourth-order valence-electron chi connectivity index (χ4n) is 2.61. The van der Waals surface area contributed by atoms with E-state index in [2.05, 4.69) is 9.97 Å². The molecule has 26 heavy (non-hydrogen) atoms. The third-order valence-corrected chi connectivity index (χ3v) is 6.42. The zero-order valence-electron chi connectivity index (χ0n) is 13.1. The number of hydrogen-bond acceptors (Lipinski definition) is 5. The molecule has 6 nitrogen and oxygen atoms in total. The molecule has 9 heteroatoms. The van der Waals surface area contributed by atoms with Crippen molar-refractivity contribution in [2.24, 2.45) is 0 Å². The Hall–Kier alpha value is -2.35. The van der Waals surface area contributed by atoms with Crippen LogP contribution in [-0.2, 0) is 16.6 Å². The molecule has 0 spiro atoms. The highest BCUT2D eigenvalue weighted by atomic mass is 35.5. The normalized spacial score (nSPS) is 14.9. The first-order valence-corrected chi connectivity index (χ1v) is 9.71. The number of fused-ring (bicyclic) bond motifs is 1. The lowest BCUT2D eigenvalue weighted by Gasteiger charge is -2.16. The summed E-state index contributed by atoms with van der Waals surface area (Å²) < 4.78 is 32.3. The molecular formula is C17H11Cl2N3O3S. The molecular weight excluding hydrogens is 397 g/mol. The number of aromatic nitrogens is 2. The van der Waals surface area contributed by atoms with Crippen molar-refractivity contribution in [3.8, 4) is 11.8 Å². The van der Waals surface area contributed by atoms with Crippen molar-refractivity contribution in [3.63, 3.8) is 0 Å². The second-order valence-corrected chi connectivity index (χ2v) is 8.14. The van der Waals surface area contributed by atoms with E-state index in [1.807, 2.05) is 0 Å². The van der Waals surface area contributed by atoms with Gasteiger partial charge in [0, 0.05) is 18.3 Å². The van der Waals surface area contributed by atoms with Crippen LogP contribution in [-0.4, -0.2) is 18.4 Å². The van der Waals surface area contributed by atoms with Crippen LogP contribution in [0.1, 0.15) is 5.56 Å². The number of hydrogen-bond donors (Lipinski definition) is 0. The summed E-state index contributed by atoms with van der Waals surface area (Å²) in [5.74, 6) is 0.621. The van der Waals surface area contributed by atoms with Crippen molar-refractivity contribution in [3.05, 3.63) is 70.3 Å². The van der Waals surface area contributed by atoms with Crippen molar-refractivity contribution in [2.75, 3.05) is 4.31 Å². The van der Waals surface area contributed by atoms with Gasteiger partial charge in [-0.3, -0.25) is 0 Å². The zero-order chi connectivity index (χ0) is 18.3. The number of benzene rings is 2. The number of nitrogens with zero attached hydrogens (tertiary/aromatic N) is 3. The second-order valence-electron chi connectivity index (χ2n) is 5.49. The SMILES string of the molecule is O=S1(=O)c2ccccc2CN1c1ccnc(Oc2ccc(Cl)c(Cl)c2)n1. The predicted octanol–water partition coefficient (Wildman–Crippen LogP) is 4.28. The average Bonchev–Trinajstić information content (AvgIpc) is 2.90. The van der Waals surface area contributed by atoms with Crippen molar-refractivity contribution >= 4 is 39.0 Å². The summed E-state index contributed by atoms with van der Waals surface area (Å²) in [6, 6.07) is 13.1. The molecule has 1 aromatic heterocycles. The van der Waals surface area contributed by atoms with Crippen LogP contribution in [0.2, 0.25) is 10.0 Å². The molecule has 1 aliphatic heterocycles. The Morgan fingerprint density at radius 3 is 2.62 bits per heavy atom. The lowest BCUT2D eigenvalue weighted by molar-refractivity contribution is 0.442. The average molecular weight is 408 g/mol. The van der Waals surface area contributed by atoms with E-state index in [9.17, 15) is 8.42 Å². The molecule has 0 saturated carbocycles. The highest BCUT2D eigenvalue weighted by Gasteiger charge is 2.35. The van der Waals surface area contributed by atoms with Gasteiger partial charge in [-0.2, -0.15) is 4.98 Å². The third kappa shape index (κ3) is 2.98. The summed E-state index contributed by atoms with van der Waals surface area (Å²) in [6.45, 7) is 0.210. The number of rotatable bonds is 3. The maximum Gasteiger partial charge on any atom is 0.323 e. The third-order valence-electron chi connectivity index (χ3n) is 3.83. The minimum atomic E-state index is -3.65. The van der Waals surface area contributed by atoms with Gasteiger partial charge in [-0.05, 0) is 23.8 Å². The first-order valence-electron chi connectivity index (χ1n) is 7.52. The molecule has 0 fully saturated rings. The Labute approximate surface area is 160 Å². The molecule has 0 saturated heterocycles. The van der Waals surface area contributed by atoms with Gasteiger partial charge in [0.25, 0.3) is 10.0 Å². The molecule has 0 N–H and O–H groups in total.